The number of amides is 1. The molecular weight excluding hydrogens is 414 g/mol. The number of benzene rings is 2. The molecule has 9 heteroatoms. The van der Waals surface area contributed by atoms with E-state index in [4.69, 9.17) is 9.47 Å². The van der Waals surface area contributed by atoms with E-state index in [1.807, 2.05) is 43.3 Å². The molecule has 0 aliphatic heterocycles. The number of nitrogens with one attached hydrogen (secondary N) is 1. The van der Waals surface area contributed by atoms with Gasteiger partial charge in [-0.3, -0.25) is 4.79 Å². The van der Waals surface area contributed by atoms with Crippen molar-refractivity contribution < 1.29 is 14.3 Å². The van der Waals surface area contributed by atoms with Gasteiger partial charge in [0, 0.05) is 5.56 Å². The fraction of sp³-hybridized carbons (Fsp3) is 0.273. The minimum Gasteiger partial charge on any atom is -0.495 e. The second kappa shape index (κ2) is 8.73. The van der Waals surface area contributed by atoms with E-state index in [1.165, 1.54) is 16.9 Å². The summed E-state index contributed by atoms with van der Waals surface area (Å²) in [6.45, 7) is 6.00. The van der Waals surface area contributed by atoms with Crippen molar-refractivity contribution in [3.63, 3.8) is 0 Å². The number of carbonyl (C=O) groups excluding carboxylic acids is 1. The Morgan fingerprint density at radius 2 is 1.94 bits per heavy atom. The highest BCUT2D eigenvalue weighted by atomic mass is 32.1. The van der Waals surface area contributed by atoms with Crippen LogP contribution >= 0.6 is 11.3 Å². The number of carbonyl (C=O) groups is 1. The van der Waals surface area contributed by atoms with Gasteiger partial charge in [0.25, 0.3) is 5.91 Å². The van der Waals surface area contributed by atoms with Gasteiger partial charge >= 0.3 is 0 Å². The second-order valence-corrected chi connectivity index (χ2v) is 8.28. The molecule has 2 aromatic carbocycles. The van der Waals surface area contributed by atoms with Gasteiger partial charge < -0.3 is 14.8 Å². The number of rotatable bonds is 7. The Kier molecular flexibility index (Phi) is 5.85. The molecule has 0 spiro atoms. The first-order valence-electron chi connectivity index (χ1n) is 9.84. The lowest BCUT2D eigenvalue weighted by Gasteiger charge is -2.12. The second-order valence-electron chi connectivity index (χ2n) is 7.32. The number of hydrogen-bond acceptors (Lipinski definition) is 7. The quantitative estimate of drug-likeness (QED) is 0.463. The van der Waals surface area contributed by atoms with E-state index in [2.05, 4.69) is 34.5 Å². The van der Waals surface area contributed by atoms with Crippen molar-refractivity contribution in [2.24, 2.45) is 0 Å². The first-order valence-corrected chi connectivity index (χ1v) is 10.7. The Morgan fingerprint density at radius 1 is 1.16 bits per heavy atom. The summed E-state index contributed by atoms with van der Waals surface area (Å²) >= 11 is 1.42. The number of aryl methyl sites for hydroxylation is 1. The van der Waals surface area contributed by atoms with Crippen LogP contribution in [0.5, 0.6) is 11.5 Å². The maximum Gasteiger partial charge on any atom is 0.262 e. The summed E-state index contributed by atoms with van der Waals surface area (Å²) in [6.07, 6.45) is 0. The van der Waals surface area contributed by atoms with Crippen molar-refractivity contribution in [2.45, 2.75) is 26.7 Å². The molecular formula is C22H23N5O3S. The van der Waals surface area contributed by atoms with E-state index in [1.54, 1.807) is 17.7 Å². The summed E-state index contributed by atoms with van der Waals surface area (Å²) in [5.74, 6) is 2.09. The highest BCUT2D eigenvalue weighted by Gasteiger charge is 2.14. The fourth-order valence-electron chi connectivity index (χ4n) is 3.05. The Hall–Kier alpha value is -3.46. The van der Waals surface area contributed by atoms with Crippen molar-refractivity contribution in [2.75, 3.05) is 19.0 Å². The number of anilines is 1. The molecule has 0 atom stereocenters. The molecule has 0 saturated carbocycles. The molecule has 31 heavy (non-hydrogen) atoms. The number of methoxy groups -OCH3 is 1. The van der Waals surface area contributed by atoms with E-state index >= 15 is 0 Å². The molecule has 4 rings (SSSR count). The summed E-state index contributed by atoms with van der Waals surface area (Å²) < 4.78 is 12.7. The molecule has 2 aromatic heterocycles. The molecule has 8 nitrogen and oxygen atoms in total. The van der Waals surface area contributed by atoms with Gasteiger partial charge in [-0.2, -0.15) is 9.61 Å². The minimum absolute atomic E-state index is 0.107. The SMILES string of the molecule is COc1ccc(-c2nn3c(C)nnc3s2)cc1NC(=O)COc1ccc(C(C)C)cc1. The lowest BCUT2D eigenvalue weighted by atomic mass is 10.0. The van der Waals surface area contributed by atoms with Gasteiger partial charge in [0.1, 0.15) is 16.5 Å². The number of aromatic nitrogens is 4. The van der Waals surface area contributed by atoms with Crippen molar-refractivity contribution in [1.82, 2.24) is 19.8 Å². The van der Waals surface area contributed by atoms with Crippen molar-refractivity contribution in [1.29, 1.82) is 0 Å². The average Bonchev–Trinajstić information content (AvgIpc) is 3.34. The van der Waals surface area contributed by atoms with Crippen LogP contribution in [-0.2, 0) is 4.79 Å². The van der Waals surface area contributed by atoms with Gasteiger partial charge in [-0.25, -0.2) is 0 Å². The van der Waals surface area contributed by atoms with Gasteiger partial charge in [-0.1, -0.05) is 37.3 Å². The van der Waals surface area contributed by atoms with Gasteiger partial charge in [0.15, 0.2) is 12.4 Å². The van der Waals surface area contributed by atoms with E-state index in [0.29, 0.717) is 28.1 Å². The molecule has 0 aliphatic rings. The van der Waals surface area contributed by atoms with Crippen LogP contribution < -0.4 is 14.8 Å². The lowest BCUT2D eigenvalue weighted by molar-refractivity contribution is -0.118. The number of fused-ring (bicyclic) bond motifs is 1. The van der Waals surface area contributed by atoms with Gasteiger partial charge in [0.05, 0.1) is 12.8 Å². The normalized spacial score (nSPS) is 11.1. The van der Waals surface area contributed by atoms with E-state index in [-0.39, 0.29) is 12.5 Å². The third kappa shape index (κ3) is 4.51. The molecule has 0 fully saturated rings. The Balaban J connectivity index is 1.47. The highest BCUT2D eigenvalue weighted by molar-refractivity contribution is 7.19. The predicted octanol–water partition coefficient (Wildman–Crippen LogP) is 4.31. The molecule has 0 aliphatic carbocycles. The van der Waals surface area contributed by atoms with Crippen LogP contribution in [0.4, 0.5) is 5.69 Å². The number of ether oxygens (including phenoxy) is 2. The van der Waals surface area contributed by atoms with Crippen LogP contribution in [-0.4, -0.2) is 39.4 Å². The van der Waals surface area contributed by atoms with Gasteiger partial charge in [-0.05, 0) is 48.7 Å². The number of nitrogens with zero attached hydrogens (tertiary/aromatic N) is 4. The van der Waals surface area contributed by atoms with Crippen LogP contribution in [0.2, 0.25) is 0 Å². The average molecular weight is 438 g/mol. The summed E-state index contributed by atoms with van der Waals surface area (Å²) in [4.78, 5) is 13.2. The maximum atomic E-state index is 12.5. The van der Waals surface area contributed by atoms with Crippen molar-refractivity contribution >= 4 is 27.9 Å². The van der Waals surface area contributed by atoms with Crippen LogP contribution in [0, 0.1) is 6.92 Å². The monoisotopic (exact) mass is 437 g/mol. The summed E-state index contributed by atoms with van der Waals surface area (Å²) in [5, 5.41) is 16.3. The Morgan fingerprint density at radius 3 is 2.61 bits per heavy atom. The standard InChI is InChI=1S/C22H23N5O3S/c1-13(2)15-5-8-17(9-6-15)30-12-20(28)23-18-11-16(7-10-19(18)29-4)21-26-27-14(3)24-25-22(27)31-21/h5-11,13H,12H2,1-4H3,(H,23,28). The molecule has 0 radical (unpaired) electrons. The van der Waals surface area contributed by atoms with E-state index in [0.717, 1.165) is 16.4 Å². The maximum absolute atomic E-state index is 12.5. The third-order valence-electron chi connectivity index (χ3n) is 4.78. The largest absolute Gasteiger partial charge is 0.495 e. The lowest BCUT2D eigenvalue weighted by Crippen LogP contribution is -2.20. The summed E-state index contributed by atoms with van der Waals surface area (Å²) in [5.41, 5.74) is 2.61. The molecule has 4 aromatic rings. The molecule has 1 N–H and O–H groups in total. The van der Waals surface area contributed by atoms with E-state index in [9.17, 15) is 4.79 Å². The van der Waals surface area contributed by atoms with Crippen LogP contribution in [0.3, 0.4) is 0 Å². The number of hydrogen-bond donors (Lipinski definition) is 1. The first kappa shape index (κ1) is 20.8. The fourth-order valence-corrected chi connectivity index (χ4v) is 3.94. The van der Waals surface area contributed by atoms with Crippen LogP contribution in [0.25, 0.3) is 15.5 Å². The molecule has 0 unspecified atom stereocenters. The predicted molar refractivity (Wildman–Crippen MR) is 120 cm³/mol. The Labute approximate surface area is 183 Å². The van der Waals surface area contributed by atoms with Gasteiger partial charge in [0.2, 0.25) is 4.96 Å². The van der Waals surface area contributed by atoms with Gasteiger partial charge in [-0.15, -0.1) is 10.2 Å². The molecule has 160 valence electrons. The third-order valence-corrected chi connectivity index (χ3v) is 5.73. The zero-order valence-electron chi connectivity index (χ0n) is 17.7. The summed E-state index contributed by atoms with van der Waals surface area (Å²) in [6, 6.07) is 13.3. The topological polar surface area (TPSA) is 90.6 Å². The highest BCUT2D eigenvalue weighted by Crippen LogP contribution is 2.32. The zero-order chi connectivity index (χ0) is 22.0. The molecule has 0 bridgehead atoms. The van der Waals surface area contributed by atoms with Crippen LogP contribution in [0.1, 0.15) is 31.2 Å². The summed E-state index contributed by atoms with van der Waals surface area (Å²) in [7, 11) is 1.56. The Bertz CT molecular complexity index is 1210. The van der Waals surface area contributed by atoms with Crippen molar-refractivity contribution in [3.05, 3.63) is 53.9 Å². The van der Waals surface area contributed by atoms with Crippen LogP contribution in [0.15, 0.2) is 42.5 Å². The molecule has 0 saturated heterocycles. The van der Waals surface area contributed by atoms with E-state index < -0.39 is 0 Å². The first-order chi connectivity index (χ1) is 14.9. The smallest absolute Gasteiger partial charge is 0.262 e. The zero-order valence-corrected chi connectivity index (χ0v) is 18.6. The molecule has 1 amide bonds. The molecule has 2 heterocycles. The van der Waals surface area contributed by atoms with Crippen molar-refractivity contribution in [3.8, 4) is 22.1 Å². The minimum atomic E-state index is -0.280.